The summed E-state index contributed by atoms with van der Waals surface area (Å²) in [6.45, 7) is 2.29. The second-order valence-corrected chi connectivity index (χ2v) is 6.63. The van der Waals surface area contributed by atoms with E-state index in [0.717, 1.165) is 16.9 Å². The largest absolute Gasteiger partial charge is 0.504 e. The van der Waals surface area contributed by atoms with E-state index >= 15 is 0 Å². The third-order valence-corrected chi connectivity index (χ3v) is 4.88. The molecule has 29 heavy (non-hydrogen) atoms. The van der Waals surface area contributed by atoms with Gasteiger partial charge in [-0.15, -0.1) is 0 Å². The van der Waals surface area contributed by atoms with Crippen molar-refractivity contribution in [3.05, 3.63) is 77.9 Å². The monoisotopic (exact) mass is 390 g/mol. The van der Waals surface area contributed by atoms with E-state index in [9.17, 15) is 9.90 Å². The van der Waals surface area contributed by atoms with Crippen LogP contribution in [0.3, 0.4) is 0 Å². The van der Waals surface area contributed by atoms with Gasteiger partial charge < -0.3 is 19.9 Å². The van der Waals surface area contributed by atoms with Crippen LogP contribution < -0.4 is 19.7 Å². The number of carbonyl (C=O) groups is 1. The maximum atomic E-state index is 13.4. The Labute approximate surface area is 169 Å². The molecule has 1 atom stereocenters. The Morgan fingerprint density at radius 2 is 1.83 bits per heavy atom. The fraction of sp³-hybridized carbons (Fsp3) is 0.174. The van der Waals surface area contributed by atoms with Crippen molar-refractivity contribution in [3.63, 3.8) is 0 Å². The molecule has 1 amide bonds. The third kappa shape index (κ3) is 3.45. The van der Waals surface area contributed by atoms with Crippen LogP contribution in [0.2, 0.25) is 0 Å². The van der Waals surface area contributed by atoms with Gasteiger partial charge in [0.1, 0.15) is 11.9 Å². The Bertz CT molecular complexity index is 1030. The molecule has 0 saturated heterocycles. The quantitative estimate of drug-likeness (QED) is 0.668. The van der Waals surface area contributed by atoms with E-state index in [-0.39, 0.29) is 11.7 Å². The molecule has 148 valence electrons. The maximum absolute atomic E-state index is 13.4. The van der Waals surface area contributed by atoms with Gasteiger partial charge in [-0.05, 0) is 61.0 Å². The van der Waals surface area contributed by atoms with Crippen LogP contribution >= 0.6 is 0 Å². The van der Waals surface area contributed by atoms with Gasteiger partial charge in [0.2, 0.25) is 0 Å². The molecule has 0 aromatic heterocycles. The molecular weight excluding hydrogens is 368 g/mol. The molecule has 1 heterocycles. The molecule has 1 aliphatic rings. The van der Waals surface area contributed by atoms with Gasteiger partial charge in [0, 0.05) is 11.4 Å². The lowest BCUT2D eigenvalue weighted by molar-refractivity contribution is 0.0975. The number of benzene rings is 3. The Hall–Kier alpha value is -3.67. The number of anilines is 2. The molecule has 0 saturated carbocycles. The molecule has 0 fully saturated rings. The zero-order valence-electron chi connectivity index (χ0n) is 16.3. The number of rotatable bonds is 5. The van der Waals surface area contributed by atoms with Crippen molar-refractivity contribution in [2.45, 2.75) is 13.1 Å². The highest BCUT2D eigenvalue weighted by atomic mass is 16.5. The van der Waals surface area contributed by atoms with Crippen molar-refractivity contribution >= 4 is 17.3 Å². The standard InChI is InChI=1S/C23H22N2O4/c1-3-29-21-14-15(8-13-20(21)26)22-24-19-7-5-4-6-18(19)23(27)25(22)16-9-11-17(28-2)12-10-16/h4-14,22,24,26H,3H2,1-2H3. The van der Waals surface area contributed by atoms with Gasteiger partial charge in [-0.25, -0.2) is 0 Å². The Kier molecular flexibility index (Phi) is 4.99. The number of ether oxygens (including phenoxy) is 2. The number of hydrogen-bond acceptors (Lipinski definition) is 5. The van der Waals surface area contributed by atoms with E-state index in [1.165, 1.54) is 0 Å². The van der Waals surface area contributed by atoms with Crippen LogP contribution in [0.5, 0.6) is 17.2 Å². The van der Waals surface area contributed by atoms with Crippen molar-refractivity contribution in [3.8, 4) is 17.2 Å². The van der Waals surface area contributed by atoms with Gasteiger partial charge in [-0.3, -0.25) is 9.69 Å². The van der Waals surface area contributed by atoms with Crippen LogP contribution in [0.1, 0.15) is 29.0 Å². The van der Waals surface area contributed by atoms with E-state index < -0.39 is 6.17 Å². The lowest BCUT2D eigenvalue weighted by atomic mass is 10.0. The van der Waals surface area contributed by atoms with Crippen molar-refractivity contribution in [2.75, 3.05) is 23.9 Å². The molecule has 1 aliphatic heterocycles. The second kappa shape index (κ2) is 7.75. The SMILES string of the molecule is CCOc1cc(C2Nc3ccccc3C(=O)N2c2ccc(OC)cc2)ccc1O. The Balaban J connectivity index is 1.82. The number of carbonyl (C=O) groups excluding carboxylic acids is 1. The summed E-state index contributed by atoms with van der Waals surface area (Å²) < 4.78 is 10.8. The molecule has 0 spiro atoms. The molecule has 1 unspecified atom stereocenters. The minimum atomic E-state index is -0.467. The summed E-state index contributed by atoms with van der Waals surface area (Å²) in [5, 5.41) is 13.5. The Morgan fingerprint density at radius 3 is 2.55 bits per heavy atom. The number of nitrogens with zero attached hydrogens (tertiary/aromatic N) is 1. The number of fused-ring (bicyclic) bond motifs is 1. The van der Waals surface area contributed by atoms with Gasteiger partial charge in [0.25, 0.3) is 5.91 Å². The van der Waals surface area contributed by atoms with E-state index in [4.69, 9.17) is 9.47 Å². The number of hydrogen-bond donors (Lipinski definition) is 2. The summed E-state index contributed by atoms with van der Waals surface area (Å²) in [6, 6.07) is 19.9. The van der Waals surface area contributed by atoms with E-state index in [2.05, 4.69) is 5.32 Å². The Morgan fingerprint density at radius 1 is 1.07 bits per heavy atom. The zero-order valence-corrected chi connectivity index (χ0v) is 16.3. The molecule has 6 nitrogen and oxygen atoms in total. The van der Waals surface area contributed by atoms with E-state index in [0.29, 0.717) is 23.7 Å². The molecule has 2 N–H and O–H groups in total. The number of phenolic OH excluding ortho intramolecular Hbond substituents is 1. The van der Waals surface area contributed by atoms with Crippen LogP contribution in [0.25, 0.3) is 0 Å². The topological polar surface area (TPSA) is 71.0 Å². The smallest absolute Gasteiger partial charge is 0.262 e. The summed E-state index contributed by atoms with van der Waals surface area (Å²) in [6.07, 6.45) is -0.467. The molecular formula is C23H22N2O4. The maximum Gasteiger partial charge on any atom is 0.262 e. The van der Waals surface area contributed by atoms with Crippen molar-refractivity contribution in [2.24, 2.45) is 0 Å². The number of para-hydroxylation sites is 1. The first-order chi connectivity index (χ1) is 14.1. The minimum absolute atomic E-state index is 0.0640. The highest BCUT2D eigenvalue weighted by Gasteiger charge is 2.34. The predicted molar refractivity (Wildman–Crippen MR) is 112 cm³/mol. The minimum Gasteiger partial charge on any atom is -0.504 e. The second-order valence-electron chi connectivity index (χ2n) is 6.63. The summed E-state index contributed by atoms with van der Waals surface area (Å²) in [4.78, 5) is 15.1. The average Bonchev–Trinajstić information content (AvgIpc) is 2.75. The van der Waals surface area contributed by atoms with Crippen LogP contribution in [0.15, 0.2) is 66.7 Å². The fourth-order valence-electron chi connectivity index (χ4n) is 3.47. The van der Waals surface area contributed by atoms with Gasteiger partial charge in [0.05, 0.1) is 19.3 Å². The highest BCUT2D eigenvalue weighted by molar-refractivity contribution is 6.12. The highest BCUT2D eigenvalue weighted by Crippen LogP contribution is 2.39. The van der Waals surface area contributed by atoms with Crippen molar-refractivity contribution < 1.29 is 19.4 Å². The number of aromatic hydroxyl groups is 1. The summed E-state index contributed by atoms with van der Waals surface area (Å²) >= 11 is 0. The van der Waals surface area contributed by atoms with Gasteiger partial charge in [0.15, 0.2) is 11.5 Å². The lowest BCUT2D eigenvalue weighted by Crippen LogP contribution is -2.43. The fourth-order valence-corrected chi connectivity index (χ4v) is 3.47. The predicted octanol–water partition coefficient (Wildman–Crippen LogP) is 4.57. The van der Waals surface area contributed by atoms with E-state index in [1.807, 2.05) is 49.4 Å². The molecule has 0 radical (unpaired) electrons. The van der Waals surface area contributed by atoms with Crippen molar-refractivity contribution in [1.29, 1.82) is 0 Å². The molecule has 3 aromatic carbocycles. The molecule has 6 heteroatoms. The molecule has 4 rings (SSSR count). The van der Waals surface area contributed by atoms with Crippen molar-refractivity contribution in [1.82, 2.24) is 0 Å². The number of amides is 1. The van der Waals surface area contributed by atoms with Gasteiger partial charge in [-0.1, -0.05) is 18.2 Å². The van der Waals surface area contributed by atoms with E-state index in [1.54, 1.807) is 36.3 Å². The average molecular weight is 390 g/mol. The van der Waals surface area contributed by atoms with Crippen LogP contribution in [0, 0.1) is 0 Å². The number of methoxy groups -OCH3 is 1. The number of phenols is 1. The summed E-state index contributed by atoms with van der Waals surface area (Å²) in [5.74, 6) is 1.05. The van der Waals surface area contributed by atoms with Gasteiger partial charge >= 0.3 is 0 Å². The third-order valence-electron chi connectivity index (χ3n) is 4.88. The van der Waals surface area contributed by atoms with Crippen LogP contribution in [-0.2, 0) is 0 Å². The zero-order chi connectivity index (χ0) is 20.4. The first-order valence-corrected chi connectivity index (χ1v) is 9.41. The van der Waals surface area contributed by atoms with Gasteiger partial charge in [-0.2, -0.15) is 0 Å². The molecule has 0 bridgehead atoms. The number of nitrogens with one attached hydrogen (secondary N) is 1. The van der Waals surface area contributed by atoms with Crippen LogP contribution in [-0.4, -0.2) is 24.7 Å². The molecule has 3 aromatic rings. The normalized spacial score (nSPS) is 15.4. The summed E-state index contributed by atoms with van der Waals surface area (Å²) in [5.41, 5.74) is 2.89. The first-order valence-electron chi connectivity index (χ1n) is 9.41. The lowest BCUT2D eigenvalue weighted by Gasteiger charge is -2.38. The summed E-state index contributed by atoms with van der Waals surface area (Å²) in [7, 11) is 1.60. The first kappa shape index (κ1) is 18.7. The van der Waals surface area contributed by atoms with Crippen LogP contribution in [0.4, 0.5) is 11.4 Å². The molecule has 0 aliphatic carbocycles.